The van der Waals surface area contributed by atoms with Gasteiger partial charge in [0.2, 0.25) is 0 Å². The number of thiophene rings is 1. The zero-order chi connectivity index (χ0) is 20.9. The Hall–Kier alpha value is -3.44. The van der Waals surface area contributed by atoms with Crippen LogP contribution in [0, 0.1) is 0 Å². The minimum Gasteiger partial charge on any atom is -0.483 e. The molecule has 4 nitrogen and oxygen atoms in total. The van der Waals surface area contributed by atoms with E-state index in [9.17, 15) is 9.59 Å². The van der Waals surface area contributed by atoms with Crippen LogP contribution in [0.15, 0.2) is 78.9 Å². The Balaban J connectivity index is 1.53. The highest BCUT2D eigenvalue weighted by atomic mass is 32.1. The summed E-state index contributed by atoms with van der Waals surface area (Å²) in [5.41, 5.74) is 2.70. The molecule has 0 aliphatic carbocycles. The molecule has 0 aliphatic heterocycles. The molecule has 30 heavy (non-hydrogen) atoms. The number of Topliss-reactive ketones (excluding diaryl/α,β-unsaturated/α-hetero) is 1. The summed E-state index contributed by atoms with van der Waals surface area (Å²) in [6.45, 7) is 1.88. The van der Waals surface area contributed by atoms with Gasteiger partial charge >= 0.3 is 5.97 Å². The summed E-state index contributed by atoms with van der Waals surface area (Å²) in [6.07, 6.45) is 0. The molecule has 0 saturated carbocycles. The molecule has 3 aromatic carbocycles. The smallest absolute Gasteiger partial charge is 0.352 e. The van der Waals surface area contributed by atoms with E-state index in [2.05, 4.69) is 0 Å². The molecule has 0 fully saturated rings. The molecule has 0 aliphatic rings. The van der Waals surface area contributed by atoms with Crippen LogP contribution in [0.25, 0.3) is 21.2 Å². The normalized spacial score (nSPS) is 10.7. The maximum absolute atomic E-state index is 12.7. The van der Waals surface area contributed by atoms with Crippen LogP contribution in [0.2, 0.25) is 0 Å². The number of hydrogen-bond acceptors (Lipinski definition) is 5. The minimum atomic E-state index is -0.437. The molecular formula is C25H20O4S. The van der Waals surface area contributed by atoms with E-state index in [0.717, 1.165) is 21.2 Å². The molecule has 0 spiro atoms. The zero-order valence-corrected chi connectivity index (χ0v) is 17.3. The highest BCUT2D eigenvalue weighted by molar-refractivity contribution is 7.21. The van der Waals surface area contributed by atoms with Gasteiger partial charge in [-0.25, -0.2) is 4.79 Å². The van der Waals surface area contributed by atoms with Gasteiger partial charge in [-0.2, -0.15) is 0 Å². The molecular weight excluding hydrogens is 396 g/mol. The van der Waals surface area contributed by atoms with Crippen LogP contribution in [0.3, 0.4) is 0 Å². The van der Waals surface area contributed by atoms with Crippen LogP contribution >= 0.6 is 11.3 Å². The lowest BCUT2D eigenvalue weighted by Crippen LogP contribution is -2.13. The number of benzene rings is 3. The van der Waals surface area contributed by atoms with Gasteiger partial charge in [-0.15, -0.1) is 11.3 Å². The van der Waals surface area contributed by atoms with Crippen molar-refractivity contribution in [3.63, 3.8) is 0 Å². The summed E-state index contributed by atoms with van der Waals surface area (Å²) in [5, 5.41) is 0.803. The predicted molar refractivity (Wildman–Crippen MR) is 119 cm³/mol. The van der Waals surface area contributed by atoms with Crippen molar-refractivity contribution in [1.29, 1.82) is 0 Å². The third kappa shape index (κ3) is 4.11. The number of carbonyl (C=O) groups excluding carboxylic acids is 2. The number of ether oxygens (including phenoxy) is 2. The first-order valence-corrected chi connectivity index (χ1v) is 10.5. The second kappa shape index (κ2) is 8.93. The second-order valence-electron chi connectivity index (χ2n) is 6.63. The molecule has 1 aromatic heterocycles. The Morgan fingerprint density at radius 1 is 0.833 bits per heavy atom. The molecule has 4 aromatic rings. The van der Waals surface area contributed by atoms with Gasteiger partial charge in [-0.3, -0.25) is 4.79 Å². The Morgan fingerprint density at radius 3 is 2.23 bits per heavy atom. The summed E-state index contributed by atoms with van der Waals surface area (Å²) in [4.78, 5) is 25.4. The van der Waals surface area contributed by atoms with Crippen molar-refractivity contribution in [2.45, 2.75) is 6.92 Å². The molecule has 0 saturated heterocycles. The van der Waals surface area contributed by atoms with Gasteiger partial charge in [-0.05, 0) is 30.2 Å². The van der Waals surface area contributed by atoms with Crippen molar-refractivity contribution < 1.29 is 19.1 Å². The van der Waals surface area contributed by atoms with Gasteiger partial charge in [-0.1, -0.05) is 66.7 Å². The topological polar surface area (TPSA) is 52.6 Å². The maximum atomic E-state index is 12.7. The molecule has 0 N–H and O–H groups in total. The SMILES string of the molecule is CCOC(=O)c1sc2ccccc2c1OCC(=O)c1ccc(-c2ccccc2)cc1. The molecule has 0 unspecified atom stereocenters. The van der Waals surface area contributed by atoms with Gasteiger partial charge in [0.1, 0.15) is 0 Å². The van der Waals surface area contributed by atoms with Gasteiger partial charge < -0.3 is 9.47 Å². The first kappa shape index (κ1) is 19.9. The van der Waals surface area contributed by atoms with E-state index in [1.54, 1.807) is 19.1 Å². The fourth-order valence-corrected chi connectivity index (χ4v) is 4.24. The standard InChI is InChI=1S/C25H20O4S/c1-2-28-25(27)24-23(20-10-6-7-11-22(20)30-24)29-16-21(26)19-14-12-18(13-15-19)17-8-4-3-5-9-17/h3-15H,2,16H2,1H3. The summed E-state index contributed by atoms with van der Waals surface area (Å²) < 4.78 is 11.9. The van der Waals surface area contributed by atoms with E-state index in [1.807, 2.05) is 66.7 Å². The second-order valence-corrected chi connectivity index (χ2v) is 7.68. The Kier molecular flexibility index (Phi) is 5.91. The lowest BCUT2D eigenvalue weighted by molar-refractivity contribution is 0.0526. The van der Waals surface area contributed by atoms with E-state index in [1.165, 1.54) is 11.3 Å². The van der Waals surface area contributed by atoms with Gasteiger partial charge in [0.15, 0.2) is 23.0 Å². The summed E-state index contributed by atoms with van der Waals surface area (Å²) in [5.74, 6) is -0.184. The number of fused-ring (bicyclic) bond motifs is 1. The molecule has 5 heteroatoms. The summed E-state index contributed by atoms with van der Waals surface area (Å²) >= 11 is 1.31. The van der Waals surface area contributed by atoms with Crippen molar-refractivity contribution in [2.75, 3.05) is 13.2 Å². The minimum absolute atomic E-state index is 0.153. The van der Waals surface area contributed by atoms with Crippen LogP contribution in [0.4, 0.5) is 0 Å². The average Bonchev–Trinajstić information content (AvgIpc) is 3.17. The highest BCUT2D eigenvalue weighted by Crippen LogP contribution is 2.38. The molecule has 0 amide bonds. The lowest BCUT2D eigenvalue weighted by atomic mass is 10.0. The molecule has 0 radical (unpaired) electrons. The lowest BCUT2D eigenvalue weighted by Gasteiger charge is -2.08. The summed E-state index contributed by atoms with van der Waals surface area (Å²) in [7, 11) is 0. The quantitative estimate of drug-likeness (QED) is 0.274. The third-order valence-corrected chi connectivity index (χ3v) is 5.80. The highest BCUT2D eigenvalue weighted by Gasteiger charge is 2.22. The van der Waals surface area contributed by atoms with Crippen molar-refractivity contribution >= 4 is 33.2 Å². The van der Waals surface area contributed by atoms with Crippen LogP contribution in [0.5, 0.6) is 5.75 Å². The number of hydrogen-bond donors (Lipinski definition) is 0. The Labute approximate surface area is 178 Å². The van der Waals surface area contributed by atoms with E-state index in [0.29, 0.717) is 16.2 Å². The average molecular weight is 416 g/mol. The van der Waals surface area contributed by atoms with Crippen molar-refractivity contribution in [3.8, 4) is 16.9 Å². The third-order valence-electron chi connectivity index (χ3n) is 4.67. The van der Waals surface area contributed by atoms with Crippen molar-refractivity contribution in [2.24, 2.45) is 0 Å². The molecule has 4 rings (SSSR count). The number of rotatable bonds is 7. The van der Waals surface area contributed by atoms with Crippen LogP contribution in [-0.2, 0) is 4.74 Å². The fraction of sp³-hybridized carbons (Fsp3) is 0.120. The summed E-state index contributed by atoms with van der Waals surface area (Å²) in [6, 6.07) is 25.0. The van der Waals surface area contributed by atoms with E-state index >= 15 is 0 Å². The zero-order valence-electron chi connectivity index (χ0n) is 16.5. The van der Waals surface area contributed by atoms with Gasteiger partial charge in [0.25, 0.3) is 0 Å². The number of esters is 1. The van der Waals surface area contributed by atoms with Crippen LogP contribution in [0.1, 0.15) is 27.0 Å². The Bertz CT molecular complexity index is 1180. The largest absolute Gasteiger partial charge is 0.483 e. The molecule has 0 atom stereocenters. The van der Waals surface area contributed by atoms with E-state index < -0.39 is 5.97 Å². The fourth-order valence-electron chi connectivity index (χ4n) is 3.20. The predicted octanol–water partition coefficient (Wildman–Crippen LogP) is 6.01. The van der Waals surface area contributed by atoms with Crippen molar-refractivity contribution in [3.05, 3.63) is 89.3 Å². The van der Waals surface area contributed by atoms with Gasteiger partial charge in [0.05, 0.1) is 6.61 Å². The molecule has 1 heterocycles. The monoisotopic (exact) mass is 416 g/mol. The maximum Gasteiger partial charge on any atom is 0.352 e. The van der Waals surface area contributed by atoms with Gasteiger partial charge in [0, 0.05) is 15.6 Å². The Morgan fingerprint density at radius 2 is 1.50 bits per heavy atom. The molecule has 150 valence electrons. The number of carbonyl (C=O) groups is 2. The first-order valence-electron chi connectivity index (χ1n) is 9.67. The van der Waals surface area contributed by atoms with Crippen molar-refractivity contribution in [1.82, 2.24) is 0 Å². The number of ketones is 1. The van der Waals surface area contributed by atoms with E-state index in [-0.39, 0.29) is 19.0 Å². The van der Waals surface area contributed by atoms with E-state index in [4.69, 9.17) is 9.47 Å². The van der Waals surface area contributed by atoms with Crippen LogP contribution in [-0.4, -0.2) is 25.0 Å². The molecule has 0 bridgehead atoms. The van der Waals surface area contributed by atoms with Crippen LogP contribution < -0.4 is 4.74 Å². The first-order chi connectivity index (χ1) is 14.7.